The lowest BCUT2D eigenvalue weighted by molar-refractivity contribution is -0.0369. The number of ether oxygens (including phenoxy) is 1. The van der Waals surface area contributed by atoms with Gasteiger partial charge in [0, 0.05) is 18.4 Å². The van der Waals surface area contributed by atoms with Crippen molar-refractivity contribution in [2.45, 2.75) is 32.5 Å². The Morgan fingerprint density at radius 2 is 2.27 bits per heavy atom. The predicted molar refractivity (Wildman–Crippen MR) is 54.9 cm³/mol. The summed E-state index contributed by atoms with van der Waals surface area (Å²) in [6.07, 6.45) is 1.89. The summed E-state index contributed by atoms with van der Waals surface area (Å²) in [4.78, 5) is 3.63. The molecule has 3 nitrogen and oxygen atoms in total. The second-order valence-corrected chi connectivity index (χ2v) is 3.24. The number of aliphatic hydroxyl groups is 1. The van der Waals surface area contributed by atoms with Crippen molar-refractivity contribution in [2.75, 3.05) is 6.61 Å². The lowest BCUT2D eigenvalue weighted by atomic mass is 10.0. The Labute approximate surface area is 88.9 Å². The highest BCUT2D eigenvalue weighted by Crippen LogP contribution is 2.23. The van der Waals surface area contributed by atoms with Crippen molar-refractivity contribution in [3.63, 3.8) is 0 Å². The van der Waals surface area contributed by atoms with Crippen molar-refractivity contribution in [1.82, 2.24) is 4.98 Å². The van der Waals surface area contributed by atoms with Crippen LogP contribution >= 0.6 is 0 Å². The summed E-state index contributed by atoms with van der Waals surface area (Å²) in [6, 6.07) is 1.47. The molecule has 0 aliphatic rings. The van der Waals surface area contributed by atoms with Crippen LogP contribution in [-0.2, 0) is 4.74 Å². The first-order valence-electron chi connectivity index (χ1n) is 5.09. The van der Waals surface area contributed by atoms with Gasteiger partial charge in [0.05, 0.1) is 12.3 Å². The van der Waals surface area contributed by atoms with Gasteiger partial charge in [0.2, 0.25) is 0 Å². The number of halogens is 1. The van der Waals surface area contributed by atoms with E-state index in [-0.39, 0.29) is 11.7 Å². The molecule has 0 aliphatic heterocycles. The Morgan fingerprint density at radius 1 is 1.53 bits per heavy atom. The van der Waals surface area contributed by atoms with E-state index >= 15 is 0 Å². The average molecular weight is 213 g/mol. The van der Waals surface area contributed by atoms with Crippen molar-refractivity contribution in [3.05, 3.63) is 29.8 Å². The largest absolute Gasteiger partial charge is 0.386 e. The third-order valence-corrected chi connectivity index (χ3v) is 2.26. The summed E-state index contributed by atoms with van der Waals surface area (Å²) in [5.74, 6) is -0.497. The van der Waals surface area contributed by atoms with Crippen molar-refractivity contribution < 1.29 is 14.2 Å². The molecule has 1 heterocycles. The maximum Gasteiger partial charge on any atom is 0.147 e. The van der Waals surface area contributed by atoms with Gasteiger partial charge < -0.3 is 9.84 Å². The Bertz CT molecular complexity index is 306. The summed E-state index contributed by atoms with van der Waals surface area (Å²) in [7, 11) is 0. The highest BCUT2D eigenvalue weighted by molar-refractivity contribution is 5.16. The SMILES string of the molecule is CCOC(CC)C(O)c1ccncc1F. The summed E-state index contributed by atoms with van der Waals surface area (Å²) < 4.78 is 18.6. The van der Waals surface area contributed by atoms with Gasteiger partial charge in [-0.05, 0) is 19.4 Å². The van der Waals surface area contributed by atoms with E-state index in [9.17, 15) is 9.50 Å². The molecule has 0 bridgehead atoms. The molecular weight excluding hydrogens is 197 g/mol. The number of nitrogens with zero attached hydrogens (tertiary/aromatic N) is 1. The Kier molecular flexibility index (Phi) is 4.65. The summed E-state index contributed by atoms with van der Waals surface area (Å²) in [5, 5.41) is 9.90. The van der Waals surface area contributed by atoms with Crippen LogP contribution in [0.1, 0.15) is 31.9 Å². The molecule has 0 aromatic carbocycles. The van der Waals surface area contributed by atoms with E-state index < -0.39 is 11.9 Å². The molecule has 1 aromatic heterocycles. The fourth-order valence-corrected chi connectivity index (χ4v) is 1.47. The molecule has 0 aliphatic carbocycles. The summed E-state index contributed by atoms with van der Waals surface area (Å²) in [5.41, 5.74) is 0.241. The van der Waals surface area contributed by atoms with Crippen LogP contribution in [0.25, 0.3) is 0 Å². The Morgan fingerprint density at radius 3 is 2.80 bits per heavy atom. The van der Waals surface area contributed by atoms with Crippen LogP contribution < -0.4 is 0 Å². The molecule has 1 rings (SSSR count). The molecule has 0 radical (unpaired) electrons. The molecule has 0 saturated carbocycles. The second-order valence-electron chi connectivity index (χ2n) is 3.24. The molecule has 0 fully saturated rings. The van der Waals surface area contributed by atoms with Crippen LogP contribution in [0.5, 0.6) is 0 Å². The van der Waals surface area contributed by atoms with Crippen LogP contribution in [0.2, 0.25) is 0 Å². The minimum absolute atomic E-state index is 0.241. The van der Waals surface area contributed by atoms with Gasteiger partial charge in [-0.2, -0.15) is 0 Å². The Hall–Kier alpha value is -1.00. The van der Waals surface area contributed by atoms with E-state index in [4.69, 9.17) is 4.74 Å². The number of aromatic nitrogens is 1. The van der Waals surface area contributed by atoms with Gasteiger partial charge in [-0.15, -0.1) is 0 Å². The molecule has 0 saturated heterocycles. The topological polar surface area (TPSA) is 42.4 Å². The van der Waals surface area contributed by atoms with Crippen molar-refractivity contribution >= 4 is 0 Å². The first kappa shape index (κ1) is 12.1. The minimum Gasteiger partial charge on any atom is -0.386 e. The highest BCUT2D eigenvalue weighted by Gasteiger charge is 2.22. The van der Waals surface area contributed by atoms with Crippen LogP contribution in [0, 0.1) is 5.82 Å². The van der Waals surface area contributed by atoms with Gasteiger partial charge in [-0.3, -0.25) is 4.98 Å². The molecule has 2 unspecified atom stereocenters. The van der Waals surface area contributed by atoms with Crippen molar-refractivity contribution in [2.24, 2.45) is 0 Å². The molecule has 2 atom stereocenters. The lowest BCUT2D eigenvalue weighted by Crippen LogP contribution is -2.22. The monoisotopic (exact) mass is 213 g/mol. The smallest absolute Gasteiger partial charge is 0.147 e. The zero-order valence-corrected chi connectivity index (χ0v) is 8.98. The number of aliphatic hydroxyl groups excluding tert-OH is 1. The molecule has 1 aromatic rings. The van der Waals surface area contributed by atoms with Gasteiger partial charge in [0.15, 0.2) is 0 Å². The zero-order chi connectivity index (χ0) is 11.3. The number of hydrogen-bond acceptors (Lipinski definition) is 3. The fraction of sp³-hybridized carbons (Fsp3) is 0.545. The maximum absolute atomic E-state index is 13.3. The summed E-state index contributed by atoms with van der Waals surface area (Å²) >= 11 is 0. The van der Waals surface area contributed by atoms with Crippen LogP contribution in [0.3, 0.4) is 0 Å². The molecule has 0 amide bonds. The van der Waals surface area contributed by atoms with Crippen LogP contribution in [0.4, 0.5) is 4.39 Å². The molecule has 15 heavy (non-hydrogen) atoms. The van der Waals surface area contributed by atoms with E-state index in [2.05, 4.69) is 4.98 Å². The highest BCUT2D eigenvalue weighted by atomic mass is 19.1. The number of hydrogen-bond donors (Lipinski definition) is 1. The van der Waals surface area contributed by atoms with Crippen LogP contribution in [0.15, 0.2) is 18.5 Å². The first-order valence-corrected chi connectivity index (χ1v) is 5.09. The molecule has 4 heteroatoms. The average Bonchev–Trinajstić information content (AvgIpc) is 2.25. The number of rotatable bonds is 5. The molecule has 84 valence electrons. The fourth-order valence-electron chi connectivity index (χ4n) is 1.47. The van der Waals surface area contributed by atoms with E-state index in [1.807, 2.05) is 13.8 Å². The third kappa shape index (κ3) is 2.97. The second kappa shape index (κ2) is 5.78. The van der Waals surface area contributed by atoms with E-state index in [0.29, 0.717) is 13.0 Å². The maximum atomic E-state index is 13.3. The molecule has 1 N–H and O–H groups in total. The molecule has 0 spiro atoms. The van der Waals surface area contributed by atoms with Gasteiger partial charge >= 0.3 is 0 Å². The molecular formula is C11H16FNO2. The predicted octanol–water partition coefficient (Wildman–Crippen LogP) is 2.07. The van der Waals surface area contributed by atoms with E-state index in [1.165, 1.54) is 12.3 Å². The van der Waals surface area contributed by atoms with Gasteiger partial charge in [-0.25, -0.2) is 4.39 Å². The summed E-state index contributed by atoms with van der Waals surface area (Å²) in [6.45, 7) is 4.24. The standard InChI is InChI=1S/C11H16FNO2/c1-3-10(15-4-2)11(14)8-5-6-13-7-9(8)12/h5-7,10-11,14H,3-4H2,1-2H3. The van der Waals surface area contributed by atoms with Gasteiger partial charge in [-0.1, -0.05) is 6.92 Å². The third-order valence-electron chi connectivity index (χ3n) is 2.26. The number of pyridine rings is 1. The van der Waals surface area contributed by atoms with E-state index in [1.54, 1.807) is 0 Å². The Balaban J connectivity index is 2.82. The van der Waals surface area contributed by atoms with Crippen molar-refractivity contribution in [3.8, 4) is 0 Å². The van der Waals surface area contributed by atoms with Gasteiger partial charge in [0.25, 0.3) is 0 Å². The lowest BCUT2D eigenvalue weighted by Gasteiger charge is -2.21. The minimum atomic E-state index is -0.932. The normalized spacial score (nSPS) is 14.9. The quantitative estimate of drug-likeness (QED) is 0.814. The first-order chi connectivity index (χ1) is 7.20. The van der Waals surface area contributed by atoms with Gasteiger partial charge in [0.1, 0.15) is 11.9 Å². The van der Waals surface area contributed by atoms with E-state index in [0.717, 1.165) is 6.20 Å². The van der Waals surface area contributed by atoms with Crippen LogP contribution in [-0.4, -0.2) is 22.8 Å². The van der Waals surface area contributed by atoms with Crippen molar-refractivity contribution in [1.29, 1.82) is 0 Å². The zero-order valence-electron chi connectivity index (χ0n) is 8.98.